The first-order chi connectivity index (χ1) is 16.5. The average Bonchev–Trinajstić information content (AvgIpc) is 3.14. The van der Waals surface area contributed by atoms with Crippen LogP contribution in [-0.4, -0.2) is 30.5 Å². The molecule has 34 heavy (non-hydrogen) atoms. The lowest BCUT2D eigenvalue weighted by Gasteiger charge is -2.27. The molecular formula is C25H17F2NO6. The van der Waals surface area contributed by atoms with Crippen LogP contribution in [0.5, 0.6) is 23.1 Å². The van der Waals surface area contributed by atoms with Gasteiger partial charge in [-0.15, -0.1) is 0 Å². The van der Waals surface area contributed by atoms with Crippen LogP contribution in [0.2, 0.25) is 0 Å². The number of para-hydroxylation sites is 1. The molecule has 0 fully saturated rings. The number of aromatic nitrogens is 1. The predicted molar refractivity (Wildman–Crippen MR) is 115 cm³/mol. The van der Waals surface area contributed by atoms with Gasteiger partial charge in [-0.05, 0) is 30.3 Å². The number of benzene rings is 2. The number of Topliss-reactive ketones (excluding diaryl/α,β-unsaturated/α-hetero) is 1. The molecule has 2 aromatic carbocycles. The highest BCUT2D eigenvalue weighted by molar-refractivity contribution is 6.15. The number of halogens is 2. The number of carbonyl (C=O) groups is 2. The average molecular weight is 465 g/mol. The summed E-state index contributed by atoms with van der Waals surface area (Å²) in [5, 5.41) is 0. The number of pyridine rings is 1. The zero-order valence-electron chi connectivity index (χ0n) is 17.8. The highest BCUT2D eigenvalue weighted by atomic mass is 19.3. The largest absolute Gasteiger partial charge is 0.469 e. The van der Waals surface area contributed by atoms with Crippen LogP contribution in [-0.2, 0) is 9.53 Å². The lowest BCUT2D eigenvalue weighted by molar-refractivity contribution is -0.140. The van der Waals surface area contributed by atoms with Gasteiger partial charge in [-0.25, -0.2) is 4.98 Å². The van der Waals surface area contributed by atoms with Crippen LogP contribution in [0.4, 0.5) is 8.78 Å². The molecule has 7 nitrogen and oxygen atoms in total. The molecule has 9 heteroatoms. The van der Waals surface area contributed by atoms with Gasteiger partial charge in [0.05, 0.1) is 19.1 Å². The molecule has 0 N–H and O–H groups in total. The molecule has 172 valence electrons. The van der Waals surface area contributed by atoms with Gasteiger partial charge in [0.25, 0.3) is 0 Å². The summed E-state index contributed by atoms with van der Waals surface area (Å²) in [6.45, 7) is -3.02. The fraction of sp³-hybridized carbons (Fsp3) is 0.160. The van der Waals surface area contributed by atoms with Crippen LogP contribution in [0.15, 0.2) is 60.5 Å². The van der Waals surface area contributed by atoms with E-state index in [1.165, 1.54) is 25.3 Å². The first kappa shape index (κ1) is 21.6. The van der Waals surface area contributed by atoms with Gasteiger partial charge in [0.1, 0.15) is 17.2 Å². The number of ketones is 1. The summed E-state index contributed by atoms with van der Waals surface area (Å²) in [7, 11) is 1.29. The number of alkyl halides is 2. The third-order valence-electron chi connectivity index (χ3n) is 5.59. The lowest BCUT2D eigenvalue weighted by atomic mass is 9.85. The summed E-state index contributed by atoms with van der Waals surface area (Å²) >= 11 is 0. The lowest BCUT2D eigenvalue weighted by Crippen LogP contribution is -2.16. The van der Waals surface area contributed by atoms with Crippen LogP contribution < -0.4 is 14.2 Å². The molecule has 3 heterocycles. The zero-order chi connectivity index (χ0) is 23.8. The summed E-state index contributed by atoms with van der Waals surface area (Å²) in [6.07, 6.45) is 2.90. The second-order valence-electron chi connectivity index (χ2n) is 7.54. The van der Waals surface area contributed by atoms with Gasteiger partial charge >= 0.3 is 12.6 Å². The van der Waals surface area contributed by atoms with Crippen LogP contribution in [0, 0.1) is 0 Å². The number of nitrogens with zero attached hydrogens (tertiary/aromatic N) is 1. The zero-order valence-corrected chi connectivity index (χ0v) is 17.8. The molecule has 0 saturated carbocycles. The fourth-order valence-electron chi connectivity index (χ4n) is 4.09. The normalized spacial score (nSPS) is 16.9. The van der Waals surface area contributed by atoms with E-state index in [9.17, 15) is 18.4 Å². The number of esters is 1. The van der Waals surface area contributed by atoms with Crippen molar-refractivity contribution in [2.75, 3.05) is 7.11 Å². The smallest absolute Gasteiger partial charge is 0.387 e. The Morgan fingerprint density at radius 2 is 1.97 bits per heavy atom. The minimum absolute atomic E-state index is 0.0241. The van der Waals surface area contributed by atoms with Crippen molar-refractivity contribution in [3.8, 4) is 23.1 Å². The molecule has 0 amide bonds. The molecule has 2 aliphatic heterocycles. The molecule has 0 aliphatic carbocycles. The number of hydrogen-bond acceptors (Lipinski definition) is 7. The molecule has 1 atom stereocenters. The quantitative estimate of drug-likeness (QED) is 0.383. The first-order valence-electron chi connectivity index (χ1n) is 10.3. The van der Waals surface area contributed by atoms with E-state index >= 15 is 0 Å². The van der Waals surface area contributed by atoms with E-state index in [4.69, 9.17) is 14.2 Å². The molecule has 0 unspecified atom stereocenters. The molecule has 0 radical (unpaired) electrons. The third kappa shape index (κ3) is 3.75. The number of methoxy groups -OCH3 is 1. The maximum absolute atomic E-state index is 13.1. The number of hydrogen-bond donors (Lipinski definition) is 0. The number of fused-ring (bicyclic) bond motifs is 4. The summed E-state index contributed by atoms with van der Waals surface area (Å²) < 4.78 is 46.9. The Labute approximate surface area is 192 Å². The maximum Gasteiger partial charge on any atom is 0.387 e. The van der Waals surface area contributed by atoms with Gasteiger partial charge in [-0.2, -0.15) is 8.78 Å². The molecule has 1 aromatic heterocycles. The summed E-state index contributed by atoms with van der Waals surface area (Å²) in [5.74, 6) is -0.590. The molecule has 0 spiro atoms. The van der Waals surface area contributed by atoms with Crippen LogP contribution in [0.1, 0.15) is 39.4 Å². The summed E-state index contributed by atoms with van der Waals surface area (Å²) in [4.78, 5) is 29.6. The van der Waals surface area contributed by atoms with Crippen molar-refractivity contribution >= 4 is 17.8 Å². The molecule has 0 saturated heterocycles. The second kappa shape index (κ2) is 8.58. The van der Waals surface area contributed by atoms with Crippen molar-refractivity contribution in [1.29, 1.82) is 0 Å². The highest BCUT2D eigenvalue weighted by Gasteiger charge is 2.39. The van der Waals surface area contributed by atoms with E-state index in [1.807, 2.05) is 0 Å². The molecule has 3 aromatic rings. The van der Waals surface area contributed by atoms with E-state index in [0.717, 1.165) is 0 Å². The van der Waals surface area contributed by atoms with Gasteiger partial charge in [0.15, 0.2) is 5.76 Å². The molecule has 2 aliphatic rings. The van der Waals surface area contributed by atoms with Crippen molar-refractivity contribution in [2.24, 2.45) is 0 Å². The fourth-order valence-corrected chi connectivity index (χ4v) is 4.09. The highest BCUT2D eigenvalue weighted by Crippen LogP contribution is 2.52. The number of carbonyl (C=O) groups excluding carboxylic acids is 2. The molecule has 5 rings (SSSR count). The second-order valence-corrected chi connectivity index (χ2v) is 7.54. The number of rotatable bonds is 5. The number of allylic oxidation sites excluding steroid dienone is 1. The van der Waals surface area contributed by atoms with Crippen molar-refractivity contribution in [3.63, 3.8) is 0 Å². The Bertz CT molecular complexity index is 1340. The number of ether oxygens (including phenoxy) is 4. The van der Waals surface area contributed by atoms with Crippen molar-refractivity contribution in [3.05, 3.63) is 82.7 Å². The summed E-state index contributed by atoms with van der Waals surface area (Å²) in [6, 6.07) is 12.8. The van der Waals surface area contributed by atoms with E-state index in [1.54, 1.807) is 42.6 Å². The van der Waals surface area contributed by atoms with E-state index in [-0.39, 0.29) is 34.8 Å². The van der Waals surface area contributed by atoms with Gasteiger partial charge in [0.2, 0.25) is 11.7 Å². The van der Waals surface area contributed by atoms with Crippen LogP contribution in [0.3, 0.4) is 0 Å². The minimum atomic E-state index is -3.02. The summed E-state index contributed by atoms with van der Waals surface area (Å²) in [5.41, 5.74) is 1.68. The Kier molecular flexibility index (Phi) is 5.45. The Morgan fingerprint density at radius 3 is 2.76 bits per heavy atom. The van der Waals surface area contributed by atoms with E-state index < -0.39 is 24.3 Å². The monoisotopic (exact) mass is 465 g/mol. The van der Waals surface area contributed by atoms with Crippen molar-refractivity contribution < 1.29 is 37.3 Å². The van der Waals surface area contributed by atoms with E-state index in [2.05, 4.69) is 9.72 Å². The van der Waals surface area contributed by atoms with Gasteiger partial charge in [-0.1, -0.05) is 24.3 Å². The maximum atomic E-state index is 13.1. The SMILES string of the molecule is COC(=O)C[C@H]1c2cccnc2Oc2ccc3c(c21)O/C(=C\c1ccccc1OC(F)F)C3=O. The third-order valence-corrected chi connectivity index (χ3v) is 5.59. The Morgan fingerprint density at radius 1 is 1.15 bits per heavy atom. The minimum Gasteiger partial charge on any atom is -0.469 e. The van der Waals surface area contributed by atoms with Gasteiger partial charge in [0, 0.05) is 28.8 Å². The van der Waals surface area contributed by atoms with Crippen LogP contribution in [0.25, 0.3) is 6.08 Å². The molecule has 0 bridgehead atoms. The van der Waals surface area contributed by atoms with Gasteiger partial charge in [-0.3, -0.25) is 9.59 Å². The predicted octanol–water partition coefficient (Wildman–Crippen LogP) is 5.10. The van der Waals surface area contributed by atoms with Crippen molar-refractivity contribution in [1.82, 2.24) is 4.98 Å². The van der Waals surface area contributed by atoms with Crippen molar-refractivity contribution in [2.45, 2.75) is 19.0 Å². The first-order valence-corrected chi connectivity index (χ1v) is 10.3. The Balaban J connectivity index is 1.59. The standard InChI is InChI=1S/C25H17F2NO6/c1-31-20(29)12-16-14-6-4-10-28-24(14)33-18-9-8-15-22(30)19(32-23(15)21(16)18)11-13-5-2-3-7-17(13)34-25(26)27/h2-11,16,25H,12H2,1H3/b19-11-/t16-/m0/s1. The molecular weight excluding hydrogens is 448 g/mol. The topological polar surface area (TPSA) is 84.0 Å². The van der Waals surface area contributed by atoms with Crippen LogP contribution >= 0.6 is 0 Å². The van der Waals surface area contributed by atoms with Gasteiger partial charge < -0.3 is 18.9 Å². The van der Waals surface area contributed by atoms with E-state index in [0.29, 0.717) is 22.8 Å². The Hall–Kier alpha value is -4.27.